The van der Waals surface area contributed by atoms with Crippen molar-refractivity contribution in [3.8, 4) is 5.75 Å². The second-order valence-corrected chi connectivity index (χ2v) is 11.4. The second kappa shape index (κ2) is 12.1. The molecule has 40 heavy (non-hydrogen) atoms. The van der Waals surface area contributed by atoms with Crippen molar-refractivity contribution in [3.63, 3.8) is 0 Å². The number of anilines is 3. The van der Waals surface area contributed by atoms with Gasteiger partial charge in [0, 0.05) is 62.5 Å². The van der Waals surface area contributed by atoms with Gasteiger partial charge in [-0.2, -0.15) is 0 Å². The Morgan fingerprint density at radius 2 is 1.82 bits per heavy atom. The third-order valence-corrected chi connectivity index (χ3v) is 7.95. The summed E-state index contributed by atoms with van der Waals surface area (Å²) in [6, 6.07) is 8.02. The van der Waals surface area contributed by atoms with Gasteiger partial charge in [0.2, 0.25) is 5.91 Å². The van der Waals surface area contributed by atoms with Crippen LogP contribution in [0, 0.1) is 17.7 Å². The molecule has 6 rings (SSSR count). The molecule has 2 aliphatic carbocycles. The molecule has 3 aliphatic rings. The largest absolute Gasteiger partial charge is 0.491 e. The van der Waals surface area contributed by atoms with Gasteiger partial charge in [-0.15, -0.1) is 0 Å². The van der Waals surface area contributed by atoms with E-state index in [1.165, 1.54) is 37.8 Å². The normalized spacial score (nSPS) is 18.4. The molecule has 2 N–H and O–H groups in total. The van der Waals surface area contributed by atoms with E-state index in [0.717, 1.165) is 51.5 Å². The van der Waals surface area contributed by atoms with Crippen LogP contribution in [0.1, 0.15) is 25.7 Å². The molecule has 3 fully saturated rings. The molecule has 0 atom stereocenters. The summed E-state index contributed by atoms with van der Waals surface area (Å²) in [4.78, 5) is 26.7. The van der Waals surface area contributed by atoms with Crippen LogP contribution in [0.4, 0.5) is 21.6 Å². The fraction of sp³-hybridized carbons (Fsp3) is 0.433. The summed E-state index contributed by atoms with van der Waals surface area (Å²) in [6.07, 6.45) is 10.0. The van der Waals surface area contributed by atoms with Gasteiger partial charge in [0.25, 0.3) is 0 Å². The summed E-state index contributed by atoms with van der Waals surface area (Å²) < 4.78 is 19.8. The molecular formula is C30H34ClFN6O2. The molecule has 1 saturated heterocycles. The molecule has 210 valence electrons. The molecule has 2 aromatic carbocycles. The standard InChI is InChI=1S/C30H34ClFN6O2/c31-24-14-22(7-8-25(24)32)35-30-23-15-27(28(40-18-21-5-6-21)16-26(23)33-19-34-30)36-29(39)2-1-9-37-10-12-38(13-11-37)17-20-3-4-20/h1-2,7-8,14-16,19-21H,3-6,9-13,17-18H2,(H,36,39)(H,33,34,35)/b2-1+. The highest BCUT2D eigenvalue weighted by atomic mass is 35.5. The van der Waals surface area contributed by atoms with Crippen LogP contribution >= 0.6 is 11.6 Å². The summed E-state index contributed by atoms with van der Waals surface area (Å²) in [5.74, 6) is 1.83. The minimum atomic E-state index is -0.494. The Labute approximate surface area is 238 Å². The van der Waals surface area contributed by atoms with Crippen molar-refractivity contribution in [2.45, 2.75) is 25.7 Å². The average Bonchev–Trinajstić information content (AvgIpc) is 3.88. The number of benzene rings is 2. The van der Waals surface area contributed by atoms with Crippen molar-refractivity contribution in [2.24, 2.45) is 11.8 Å². The number of amides is 1. The fourth-order valence-corrected chi connectivity index (χ4v) is 5.09. The molecule has 0 bridgehead atoms. The molecule has 2 heterocycles. The minimum Gasteiger partial charge on any atom is -0.491 e. The number of hydrogen-bond acceptors (Lipinski definition) is 7. The predicted octanol–water partition coefficient (Wildman–Crippen LogP) is 5.48. The summed E-state index contributed by atoms with van der Waals surface area (Å²) in [5.41, 5.74) is 1.79. The number of aromatic nitrogens is 2. The Morgan fingerprint density at radius 1 is 1.05 bits per heavy atom. The van der Waals surface area contributed by atoms with E-state index < -0.39 is 5.82 Å². The molecule has 1 aromatic heterocycles. The van der Waals surface area contributed by atoms with Crippen molar-refractivity contribution in [3.05, 3.63) is 59.7 Å². The van der Waals surface area contributed by atoms with Crippen molar-refractivity contribution < 1.29 is 13.9 Å². The zero-order valence-electron chi connectivity index (χ0n) is 22.4. The first-order valence-corrected chi connectivity index (χ1v) is 14.4. The van der Waals surface area contributed by atoms with E-state index >= 15 is 0 Å². The SMILES string of the molecule is O=C(/C=C/CN1CCN(CC2CC2)CC1)Nc1cc2c(Nc3ccc(F)c(Cl)c3)ncnc2cc1OCC1CC1. The highest BCUT2D eigenvalue weighted by molar-refractivity contribution is 6.31. The molecule has 3 aromatic rings. The maximum absolute atomic E-state index is 13.6. The second-order valence-electron chi connectivity index (χ2n) is 11.0. The summed E-state index contributed by atoms with van der Waals surface area (Å²) >= 11 is 5.96. The van der Waals surface area contributed by atoms with Crippen LogP contribution in [0.15, 0.2) is 48.8 Å². The number of carbonyl (C=O) groups is 1. The van der Waals surface area contributed by atoms with Gasteiger partial charge in [-0.3, -0.25) is 9.69 Å². The minimum absolute atomic E-state index is 0.0130. The predicted molar refractivity (Wildman–Crippen MR) is 156 cm³/mol. The Balaban J connectivity index is 1.15. The quantitative estimate of drug-likeness (QED) is 0.299. The maximum atomic E-state index is 13.6. The Hall–Kier alpha value is -3.27. The Bertz CT molecular complexity index is 1400. The third kappa shape index (κ3) is 7.08. The summed E-state index contributed by atoms with van der Waals surface area (Å²) in [7, 11) is 0. The highest BCUT2D eigenvalue weighted by Gasteiger charge is 2.26. The molecule has 0 radical (unpaired) electrons. The lowest BCUT2D eigenvalue weighted by molar-refractivity contribution is -0.111. The van der Waals surface area contributed by atoms with Crippen LogP contribution < -0.4 is 15.4 Å². The number of fused-ring (bicyclic) bond motifs is 1. The number of carbonyl (C=O) groups excluding carboxylic acids is 1. The van der Waals surface area contributed by atoms with Gasteiger partial charge in [0.05, 0.1) is 22.8 Å². The molecule has 0 unspecified atom stereocenters. The van der Waals surface area contributed by atoms with Crippen LogP contribution in [0.25, 0.3) is 10.9 Å². The zero-order chi connectivity index (χ0) is 27.5. The first kappa shape index (κ1) is 26.9. The van der Waals surface area contributed by atoms with E-state index in [0.29, 0.717) is 46.4 Å². The first-order chi connectivity index (χ1) is 19.5. The van der Waals surface area contributed by atoms with Gasteiger partial charge in [-0.1, -0.05) is 17.7 Å². The van der Waals surface area contributed by atoms with Gasteiger partial charge in [-0.25, -0.2) is 14.4 Å². The lowest BCUT2D eigenvalue weighted by Gasteiger charge is -2.34. The smallest absolute Gasteiger partial charge is 0.248 e. The first-order valence-electron chi connectivity index (χ1n) is 14.1. The van der Waals surface area contributed by atoms with Crippen molar-refractivity contribution in [2.75, 3.05) is 56.5 Å². The van der Waals surface area contributed by atoms with Crippen LogP contribution in [-0.4, -0.2) is 71.6 Å². The highest BCUT2D eigenvalue weighted by Crippen LogP contribution is 2.36. The number of nitrogens with one attached hydrogen (secondary N) is 2. The number of rotatable bonds is 11. The van der Waals surface area contributed by atoms with Gasteiger partial charge < -0.3 is 20.3 Å². The topological polar surface area (TPSA) is 82.6 Å². The summed E-state index contributed by atoms with van der Waals surface area (Å²) in [5, 5.41) is 6.88. The third-order valence-electron chi connectivity index (χ3n) is 7.66. The molecule has 10 heteroatoms. The number of halogens is 2. The number of hydrogen-bond donors (Lipinski definition) is 2. The molecule has 0 spiro atoms. The van der Waals surface area contributed by atoms with E-state index in [9.17, 15) is 9.18 Å². The molecular weight excluding hydrogens is 531 g/mol. The van der Waals surface area contributed by atoms with Gasteiger partial charge >= 0.3 is 0 Å². The van der Waals surface area contributed by atoms with Crippen LogP contribution in [0.2, 0.25) is 5.02 Å². The number of ether oxygens (including phenoxy) is 1. The van der Waals surface area contributed by atoms with Crippen molar-refractivity contribution in [1.82, 2.24) is 19.8 Å². The molecule has 1 amide bonds. The van der Waals surface area contributed by atoms with E-state index in [4.69, 9.17) is 16.3 Å². The number of piperazine rings is 1. The van der Waals surface area contributed by atoms with Crippen molar-refractivity contribution >= 4 is 45.6 Å². The van der Waals surface area contributed by atoms with Crippen LogP contribution in [-0.2, 0) is 4.79 Å². The van der Waals surface area contributed by atoms with E-state index in [2.05, 4.69) is 30.4 Å². The average molecular weight is 565 g/mol. The van der Waals surface area contributed by atoms with E-state index in [1.807, 2.05) is 18.2 Å². The van der Waals surface area contributed by atoms with E-state index in [1.54, 1.807) is 12.1 Å². The van der Waals surface area contributed by atoms with Gasteiger partial charge in [0.1, 0.15) is 23.7 Å². The van der Waals surface area contributed by atoms with Crippen LogP contribution in [0.3, 0.4) is 0 Å². The van der Waals surface area contributed by atoms with Crippen molar-refractivity contribution in [1.29, 1.82) is 0 Å². The van der Waals surface area contributed by atoms with E-state index in [-0.39, 0.29) is 10.9 Å². The Morgan fingerprint density at radius 3 is 2.58 bits per heavy atom. The maximum Gasteiger partial charge on any atom is 0.248 e. The monoisotopic (exact) mass is 564 g/mol. The lowest BCUT2D eigenvalue weighted by atomic mass is 10.1. The van der Waals surface area contributed by atoms with Crippen LogP contribution in [0.5, 0.6) is 5.75 Å². The lowest BCUT2D eigenvalue weighted by Crippen LogP contribution is -2.46. The summed E-state index contributed by atoms with van der Waals surface area (Å²) in [6.45, 7) is 6.82. The molecule has 1 aliphatic heterocycles. The fourth-order valence-electron chi connectivity index (χ4n) is 4.91. The number of nitrogens with zero attached hydrogens (tertiary/aromatic N) is 4. The van der Waals surface area contributed by atoms with Gasteiger partial charge in [-0.05, 0) is 61.8 Å². The zero-order valence-corrected chi connectivity index (χ0v) is 23.2. The Kier molecular flexibility index (Phi) is 8.13. The molecule has 2 saturated carbocycles. The molecule has 8 nitrogen and oxygen atoms in total. The van der Waals surface area contributed by atoms with Gasteiger partial charge in [0.15, 0.2) is 0 Å².